The van der Waals surface area contributed by atoms with Gasteiger partial charge in [-0.3, -0.25) is 4.79 Å². The van der Waals surface area contributed by atoms with Crippen LogP contribution in [0.5, 0.6) is 5.75 Å². The van der Waals surface area contributed by atoms with Crippen molar-refractivity contribution in [2.24, 2.45) is 0 Å². The number of carbonyl (C=O) groups excluding carboxylic acids is 1. The summed E-state index contributed by atoms with van der Waals surface area (Å²) in [7, 11) is 0. The molecule has 0 fully saturated rings. The maximum Gasteiger partial charge on any atom is 0.162 e. The number of rotatable bonds is 13. The van der Waals surface area contributed by atoms with E-state index in [9.17, 15) is 4.79 Å². The molecule has 0 aliphatic heterocycles. The van der Waals surface area contributed by atoms with Gasteiger partial charge in [0.25, 0.3) is 0 Å². The van der Waals surface area contributed by atoms with Gasteiger partial charge in [0.2, 0.25) is 0 Å². The van der Waals surface area contributed by atoms with E-state index < -0.39 is 0 Å². The Labute approximate surface area is 134 Å². The molecule has 1 aromatic carbocycles. The van der Waals surface area contributed by atoms with Gasteiger partial charge in [0.1, 0.15) is 5.75 Å². The first-order valence-corrected chi connectivity index (χ1v) is 8.65. The molecule has 0 atom stereocenters. The quantitative estimate of drug-likeness (QED) is 0.422. The van der Waals surface area contributed by atoms with Crippen molar-refractivity contribution < 1.29 is 14.6 Å². The minimum absolute atomic E-state index is 0.228. The monoisotopic (exact) mass is 306 g/mol. The van der Waals surface area contributed by atoms with E-state index in [1.807, 2.05) is 24.3 Å². The Morgan fingerprint density at radius 3 is 2.32 bits per heavy atom. The molecule has 0 amide bonds. The molecule has 3 nitrogen and oxygen atoms in total. The van der Waals surface area contributed by atoms with Crippen molar-refractivity contribution in [3.05, 3.63) is 29.8 Å². The predicted octanol–water partition coefficient (Wildman–Crippen LogP) is 4.77. The van der Waals surface area contributed by atoms with Crippen molar-refractivity contribution in [3.8, 4) is 5.75 Å². The van der Waals surface area contributed by atoms with Gasteiger partial charge in [-0.25, -0.2) is 0 Å². The first-order chi connectivity index (χ1) is 10.8. The first-order valence-electron chi connectivity index (χ1n) is 8.65. The normalized spacial score (nSPS) is 10.6. The third kappa shape index (κ3) is 8.18. The molecular formula is C19H30O3. The molecule has 0 aliphatic rings. The largest absolute Gasteiger partial charge is 0.494 e. The van der Waals surface area contributed by atoms with Gasteiger partial charge >= 0.3 is 0 Å². The molecule has 0 aliphatic carbocycles. The van der Waals surface area contributed by atoms with Crippen LogP contribution in [-0.2, 0) is 0 Å². The van der Waals surface area contributed by atoms with Crippen LogP contribution >= 0.6 is 0 Å². The van der Waals surface area contributed by atoms with Crippen molar-refractivity contribution in [2.75, 3.05) is 13.2 Å². The van der Waals surface area contributed by atoms with Gasteiger partial charge in [-0.15, -0.1) is 0 Å². The number of aliphatic hydroxyl groups excluding tert-OH is 1. The Kier molecular flexibility index (Phi) is 10.4. The van der Waals surface area contributed by atoms with Gasteiger partial charge in [-0.2, -0.15) is 0 Å². The molecule has 0 unspecified atom stereocenters. The lowest BCUT2D eigenvalue weighted by atomic mass is 10.0. The summed E-state index contributed by atoms with van der Waals surface area (Å²) in [5, 5.41) is 8.69. The maximum absolute atomic E-state index is 12.0. The summed E-state index contributed by atoms with van der Waals surface area (Å²) in [6.07, 6.45) is 9.16. The van der Waals surface area contributed by atoms with Gasteiger partial charge < -0.3 is 9.84 Å². The van der Waals surface area contributed by atoms with Crippen molar-refractivity contribution in [1.29, 1.82) is 0 Å². The van der Waals surface area contributed by atoms with Crippen molar-refractivity contribution in [1.82, 2.24) is 0 Å². The third-order valence-corrected chi connectivity index (χ3v) is 3.75. The number of Topliss-reactive ketones (excluding diaryl/α,β-unsaturated/α-hetero) is 1. The number of aliphatic hydroxyl groups is 1. The highest BCUT2D eigenvalue weighted by molar-refractivity contribution is 5.96. The number of hydrogen-bond donors (Lipinski definition) is 1. The van der Waals surface area contributed by atoms with Crippen molar-refractivity contribution >= 4 is 5.78 Å². The minimum Gasteiger partial charge on any atom is -0.494 e. The lowest BCUT2D eigenvalue weighted by molar-refractivity contribution is 0.0979. The predicted molar refractivity (Wildman–Crippen MR) is 90.6 cm³/mol. The molecule has 3 heteroatoms. The molecule has 0 aromatic heterocycles. The first kappa shape index (κ1) is 18.7. The van der Waals surface area contributed by atoms with E-state index in [1.54, 1.807) is 0 Å². The average Bonchev–Trinajstić information content (AvgIpc) is 2.55. The highest BCUT2D eigenvalue weighted by Crippen LogP contribution is 2.15. The van der Waals surface area contributed by atoms with Crippen LogP contribution < -0.4 is 4.74 Å². The van der Waals surface area contributed by atoms with Gasteiger partial charge in [0.15, 0.2) is 5.78 Å². The van der Waals surface area contributed by atoms with E-state index in [2.05, 4.69) is 6.92 Å². The zero-order valence-electron chi connectivity index (χ0n) is 13.9. The Morgan fingerprint density at radius 2 is 1.64 bits per heavy atom. The fourth-order valence-corrected chi connectivity index (χ4v) is 2.35. The number of ether oxygens (including phenoxy) is 1. The van der Waals surface area contributed by atoms with Crippen LogP contribution in [0.1, 0.15) is 75.1 Å². The molecule has 1 rings (SSSR count). The fourth-order valence-electron chi connectivity index (χ4n) is 2.35. The van der Waals surface area contributed by atoms with Gasteiger partial charge in [-0.1, -0.05) is 32.6 Å². The second kappa shape index (κ2) is 12.2. The van der Waals surface area contributed by atoms with E-state index >= 15 is 0 Å². The molecule has 0 saturated heterocycles. The second-order valence-corrected chi connectivity index (χ2v) is 5.74. The zero-order chi connectivity index (χ0) is 16.0. The Balaban J connectivity index is 2.23. The summed E-state index contributed by atoms with van der Waals surface area (Å²) in [5.41, 5.74) is 0.784. The number of ketones is 1. The highest BCUT2D eigenvalue weighted by atomic mass is 16.5. The van der Waals surface area contributed by atoms with Gasteiger partial charge in [0.05, 0.1) is 6.61 Å². The smallest absolute Gasteiger partial charge is 0.162 e. The standard InChI is InChI=1S/C19H30O3/c1-2-3-4-7-10-19(21)17-11-13-18(14-12-17)22-16-9-6-5-8-15-20/h11-14,20H,2-10,15-16H2,1H3. The SMILES string of the molecule is CCCCCCC(=O)c1ccc(OCCCCCCO)cc1. The zero-order valence-corrected chi connectivity index (χ0v) is 13.9. The maximum atomic E-state index is 12.0. The number of benzene rings is 1. The van der Waals surface area contributed by atoms with E-state index in [0.29, 0.717) is 13.0 Å². The number of hydrogen-bond acceptors (Lipinski definition) is 3. The molecule has 22 heavy (non-hydrogen) atoms. The summed E-state index contributed by atoms with van der Waals surface area (Å²) in [5.74, 6) is 1.05. The highest BCUT2D eigenvalue weighted by Gasteiger charge is 2.05. The lowest BCUT2D eigenvalue weighted by Crippen LogP contribution is -2.00. The molecule has 1 aromatic rings. The van der Waals surface area contributed by atoms with Crippen LogP contribution in [0.2, 0.25) is 0 Å². The summed E-state index contributed by atoms with van der Waals surface area (Å²) in [4.78, 5) is 12.0. The van der Waals surface area contributed by atoms with Crippen LogP contribution in [-0.4, -0.2) is 24.1 Å². The Bertz CT molecular complexity index is 398. The number of carbonyl (C=O) groups is 1. The summed E-state index contributed by atoms with van der Waals surface area (Å²) >= 11 is 0. The third-order valence-electron chi connectivity index (χ3n) is 3.75. The number of unbranched alkanes of at least 4 members (excludes halogenated alkanes) is 6. The second-order valence-electron chi connectivity index (χ2n) is 5.74. The van der Waals surface area contributed by atoms with Crippen LogP contribution in [0, 0.1) is 0 Å². The average molecular weight is 306 g/mol. The van der Waals surface area contributed by atoms with E-state index in [-0.39, 0.29) is 12.4 Å². The summed E-state index contributed by atoms with van der Waals surface area (Å²) in [6, 6.07) is 7.49. The lowest BCUT2D eigenvalue weighted by Gasteiger charge is -2.07. The Morgan fingerprint density at radius 1 is 0.955 bits per heavy atom. The van der Waals surface area contributed by atoms with Crippen molar-refractivity contribution in [2.45, 2.75) is 64.7 Å². The Hall–Kier alpha value is -1.35. The van der Waals surface area contributed by atoms with Crippen LogP contribution in [0.3, 0.4) is 0 Å². The molecule has 0 radical (unpaired) electrons. The molecule has 1 N–H and O–H groups in total. The molecule has 0 spiro atoms. The van der Waals surface area contributed by atoms with Gasteiger partial charge in [-0.05, 0) is 49.9 Å². The van der Waals surface area contributed by atoms with Gasteiger partial charge in [0, 0.05) is 18.6 Å². The van der Waals surface area contributed by atoms with Crippen molar-refractivity contribution in [3.63, 3.8) is 0 Å². The topological polar surface area (TPSA) is 46.5 Å². The van der Waals surface area contributed by atoms with E-state index in [1.165, 1.54) is 12.8 Å². The van der Waals surface area contributed by atoms with E-state index in [0.717, 1.165) is 49.8 Å². The molecule has 0 bridgehead atoms. The summed E-state index contributed by atoms with van der Waals surface area (Å²) < 4.78 is 5.66. The van der Waals surface area contributed by atoms with Crippen LogP contribution in [0.4, 0.5) is 0 Å². The molecular weight excluding hydrogens is 276 g/mol. The molecule has 0 saturated carbocycles. The van der Waals surface area contributed by atoms with Crippen LogP contribution in [0.15, 0.2) is 24.3 Å². The fraction of sp³-hybridized carbons (Fsp3) is 0.632. The van der Waals surface area contributed by atoms with Crippen LogP contribution in [0.25, 0.3) is 0 Å². The van der Waals surface area contributed by atoms with E-state index in [4.69, 9.17) is 9.84 Å². The summed E-state index contributed by atoms with van der Waals surface area (Å²) in [6.45, 7) is 3.14. The molecule has 0 heterocycles. The molecule has 124 valence electrons. The minimum atomic E-state index is 0.228.